The number of aliphatic hydroxyl groups excluding tert-OH is 1. The van der Waals surface area contributed by atoms with Gasteiger partial charge >= 0.3 is 0 Å². The van der Waals surface area contributed by atoms with E-state index in [1.807, 2.05) is 53.2 Å². The average molecular weight is 399 g/mol. The minimum atomic E-state index is -0.777. The van der Waals surface area contributed by atoms with Crippen LogP contribution in [-0.2, 0) is 17.9 Å². The van der Waals surface area contributed by atoms with Crippen molar-refractivity contribution in [1.29, 1.82) is 0 Å². The van der Waals surface area contributed by atoms with Gasteiger partial charge in [-0.15, -0.1) is 22.7 Å². The zero-order valence-electron chi connectivity index (χ0n) is 14.4. The van der Waals surface area contributed by atoms with Crippen molar-refractivity contribution in [3.8, 4) is 11.1 Å². The number of ether oxygens (including phenoxy) is 1. The van der Waals surface area contributed by atoms with Crippen LogP contribution >= 0.6 is 22.7 Å². The first-order chi connectivity index (χ1) is 13.2. The summed E-state index contributed by atoms with van der Waals surface area (Å²) in [5.74, 6) is 0. The third kappa shape index (κ3) is 4.01. The number of nitrogens with zero attached hydrogens (tertiary/aromatic N) is 2. The van der Waals surface area contributed by atoms with Crippen molar-refractivity contribution < 1.29 is 9.84 Å². The van der Waals surface area contributed by atoms with E-state index in [0.717, 1.165) is 16.0 Å². The highest BCUT2D eigenvalue weighted by Gasteiger charge is 2.15. The molecule has 0 unspecified atom stereocenters. The van der Waals surface area contributed by atoms with Crippen molar-refractivity contribution in [3.63, 3.8) is 0 Å². The first-order valence-electron chi connectivity index (χ1n) is 8.52. The summed E-state index contributed by atoms with van der Waals surface area (Å²) in [5.41, 5.74) is 1.73. The second-order valence-electron chi connectivity index (χ2n) is 6.15. The van der Waals surface area contributed by atoms with Crippen LogP contribution in [0.25, 0.3) is 21.3 Å². The molecule has 0 spiro atoms. The highest BCUT2D eigenvalue weighted by atomic mass is 32.1. The standard InChI is InChI=1S/C20H18N2O3S2/c23-15(10-25-11-16-7-4-8-26-16)9-22-13-21-19-18(20(22)24)17(12-27-19)14-5-2-1-3-6-14/h1-8,12-13,15,23H,9-11H2/t15-/m0/s1. The van der Waals surface area contributed by atoms with Gasteiger partial charge in [-0.2, -0.15) is 0 Å². The topological polar surface area (TPSA) is 64.4 Å². The number of thiophene rings is 2. The maximum absolute atomic E-state index is 13.0. The lowest BCUT2D eigenvalue weighted by Gasteiger charge is -2.13. The molecule has 0 fully saturated rings. The average Bonchev–Trinajstić information content (AvgIpc) is 3.35. The van der Waals surface area contributed by atoms with Crippen LogP contribution in [0.4, 0.5) is 0 Å². The Hall–Kier alpha value is -2.32. The maximum atomic E-state index is 13.0. The third-order valence-electron chi connectivity index (χ3n) is 4.19. The minimum absolute atomic E-state index is 0.141. The SMILES string of the molecule is O=c1c2c(-c3ccccc3)csc2ncn1C[C@H](O)COCc1cccs1. The Morgan fingerprint density at radius 3 is 2.78 bits per heavy atom. The fourth-order valence-corrected chi connectivity index (χ4v) is 4.44. The Balaban J connectivity index is 1.52. The lowest BCUT2D eigenvalue weighted by molar-refractivity contribution is 0.0207. The number of fused-ring (bicyclic) bond motifs is 1. The lowest BCUT2D eigenvalue weighted by atomic mass is 10.1. The van der Waals surface area contributed by atoms with E-state index < -0.39 is 6.10 Å². The molecular weight excluding hydrogens is 380 g/mol. The minimum Gasteiger partial charge on any atom is -0.389 e. The van der Waals surface area contributed by atoms with Crippen molar-refractivity contribution in [2.24, 2.45) is 0 Å². The van der Waals surface area contributed by atoms with E-state index in [1.54, 1.807) is 11.3 Å². The van der Waals surface area contributed by atoms with Gasteiger partial charge in [-0.1, -0.05) is 36.4 Å². The van der Waals surface area contributed by atoms with Crippen LogP contribution in [0.3, 0.4) is 0 Å². The molecule has 1 aromatic carbocycles. The normalized spacial score (nSPS) is 12.5. The van der Waals surface area contributed by atoms with Gasteiger partial charge in [0, 0.05) is 15.8 Å². The van der Waals surface area contributed by atoms with Gasteiger partial charge in [0.05, 0.1) is 37.6 Å². The van der Waals surface area contributed by atoms with E-state index in [1.165, 1.54) is 22.2 Å². The molecule has 4 rings (SSSR count). The van der Waals surface area contributed by atoms with Crippen molar-refractivity contribution in [2.45, 2.75) is 19.3 Å². The summed E-state index contributed by atoms with van der Waals surface area (Å²) in [4.78, 5) is 19.2. The molecule has 0 aliphatic rings. The van der Waals surface area contributed by atoms with Crippen LogP contribution in [0, 0.1) is 0 Å². The van der Waals surface area contributed by atoms with E-state index in [4.69, 9.17) is 4.74 Å². The van der Waals surface area contributed by atoms with Crippen LogP contribution in [0.5, 0.6) is 0 Å². The third-order valence-corrected chi connectivity index (χ3v) is 5.92. The molecule has 1 atom stereocenters. The largest absolute Gasteiger partial charge is 0.389 e. The van der Waals surface area contributed by atoms with Crippen LogP contribution in [-0.4, -0.2) is 27.4 Å². The van der Waals surface area contributed by atoms with E-state index in [9.17, 15) is 9.90 Å². The first kappa shape index (κ1) is 18.1. The highest BCUT2D eigenvalue weighted by Crippen LogP contribution is 2.30. The van der Waals surface area contributed by atoms with Gasteiger partial charge in [0.25, 0.3) is 5.56 Å². The van der Waals surface area contributed by atoms with Crippen molar-refractivity contribution in [3.05, 3.63) is 74.8 Å². The molecule has 0 amide bonds. The van der Waals surface area contributed by atoms with E-state index in [2.05, 4.69) is 4.98 Å². The number of hydrogen-bond acceptors (Lipinski definition) is 6. The second-order valence-corrected chi connectivity index (χ2v) is 8.04. The van der Waals surface area contributed by atoms with Gasteiger partial charge in [-0.25, -0.2) is 4.98 Å². The summed E-state index contributed by atoms with van der Waals surface area (Å²) in [5, 5.41) is 14.8. The Morgan fingerprint density at radius 1 is 1.15 bits per heavy atom. The molecule has 0 aliphatic carbocycles. The van der Waals surface area contributed by atoms with Gasteiger partial charge < -0.3 is 9.84 Å². The molecule has 0 aliphatic heterocycles. The molecule has 5 nitrogen and oxygen atoms in total. The maximum Gasteiger partial charge on any atom is 0.262 e. The Labute approximate surface area is 164 Å². The lowest BCUT2D eigenvalue weighted by Crippen LogP contribution is -2.29. The predicted octanol–water partition coefficient (Wildman–Crippen LogP) is 3.76. The van der Waals surface area contributed by atoms with Crippen LogP contribution in [0.2, 0.25) is 0 Å². The van der Waals surface area contributed by atoms with Gasteiger partial charge in [0.1, 0.15) is 4.83 Å². The second kappa shape index (κ2) is 8.14. The number of aliphatic hydroxyl groups is 1. The summed E-state index contributed by atoms with van der Waals surface area (Å²) >= 11 is 3.06. The van der Waals surface area contributed by atoms with Crippen molar-refractivity contribution in [1.82, 2.24) is 9.55 Å². The number of hydrogen-bond donors (Lipinski definition) is 1. The molecule has 4 aromatic rings. The number of benzene rings is 1. The van der Waals surface area contributed by atoms with Crippen LogP contribution in [0.1, 0.15) is 4.88 Å². The zero-order chi connectivity index (χ0) is 18.6. The number of aromatic nitrogens is 2. The quantitative estimate of drug-likeness (QED) is 0.515. The molecular formula is C20H18N2O3S2. The molecule has 0 bridgehead atoms. The molecule has 0 radical (unpaired) electrons. The Morgan fingerprint density at radius 2 is 2.00 bits per heavy atom. The van der Waals surface area contributed by atoms with Crippen LogP contribution < -0.4 is 5.56 Å². The summed E-state index contributed by atoms with van der Waals surface area (Å²) in [6.07, 6.45) is 0.721. The highest BCUT2D eigenvalue weighted by molar-refractivity contribution is 7.17. The van der Waals surface area contributed by atoms with E-state index in [0.29, 0.717) is 16.8 Å². The van der Waals surface area contributed by atoms with Crippen molar-refractivity contribution >= 4 is 32.9 Å². The molecule has 3 heterocycles. The molecule has 138 valence electrons. The fourth-order valence-electron chi connectivity index (χ4n) is 2.90. The zero-order valence-corrected chi connectivity index (χ0v) is 16.1. The Bertz CT molecular complexity index is 1070. The molecule has 1 N–H and O–H groups in total. The fraction of sp³-hybridized carbons (Fsp3) is 0.200. The van der Waals surface area contributed by atoms with Crippen molar-refractivity contribution in [2.75, 3.05) is 6.61 Å². The molecule has 0 saturated heterocycles. The summed E-state index contributed by atoms with van der Waals surface area (Å²) in [6, 6.07) is 13.7. The van der Waals surface area contributed by atoms with E-state index in [-0.39, 0.29) is 18.7 Å². The summed E-state index contributed by atoms with van der Waals surface area (Å²) in [6.45, 7) is 0.775. The van der Waals surface area contributed by atoms with Gasteiger partial charge in [-0.05, 0) is 17.0 Å². The molecule has 0 saturated carbocycles. The van der Waals surface area contributed by atoms with Gasteiger partial charge in [0.15, 0.2) is 0 Å². The molecule has 3 aromatic heterocycles. The number of rotatable bonds is 7. The first-order valence-corrected chi connectivity index (χ1v) is 10.3. The monoisotopic (exact) mass is 398 g/mol. The summed E-state index contributed by atoms with van der Waals surface area (Å²) < 4.78 is 7.00. The summed E-state index contributed by atoms with van der Waals surface area (Å²) in [7, 11) is 0. The van der Waals surface area contributed by atoms with Gasteiger partial charge in [0.2, 0.25) is 0 Å². The Kier molecular flexibility index (Phi) is 5.45. The molecule has 7 heteroatoms. The molecule has 27 heavy (non-hydrogen) atoms. The smallest absolute Gasteiger partial charge is 0.262 e. The van der Waals surface area contributed by atoms with Gasteiger partial charge in [-0.3, -0.25) is 9.36 Å². The van der Waals surface area contributed by atoms with Crippen LogP contribution in [0.15, 0.2) is 64.3 Å². The predicted molar refractivity (Wildman–Crippen MR) is 109 cm³/mol. The van der Waals surface area contributed by atoms with E-state index >= 15 is 0 Å².